The van der Waals surface area contributed by atoms with Crippen molar-refractivity contribution in [3.05, 3.63) is 178 Å². The molecule has 77 heavy (non-hydrogen) atoms. The molecule has 2 aliphatic heterocycles. The zero-order chi connectivity index (χ0) is 62.8. The Labute approximate surface area is 479 Å². The van der Waals surface area contributed by atoms with Crippen LogP contribution in [0, 0.1) is 0 Å². The summed E-state index contributed by atoms with van der Waals surface area (Å²) in [5.74, 6) is 0. The molecule has 392 valence electrons. The first-order chi connectivity index (χ1) is 40.4. The van der Waals surface area contributed by atoms with E-state index in [1.54, 1.807) is 0 Å². The molecule has 0 bridgehead atoms. The fourth-order valence-corrected chi connectivity index (χ4v) is 15.5. The van der Waals surface area contributed by atoms with Gasteiger partial charge in [-0.3, -0.25) is 0 Å². The van der Waals surface area contributed by atoms with E-state index in [0.717, 1.165) is 89.1 Å². The van der Waals surface area contributed by atoms with Crippen molar-refractivity contribution in [3.8, 4) is 0 Å². The minimum Gasteiger partial charge on any atom is -0.311 e. The third kappa shape index (κ3) is 7.77. The van der Waals surface area contributed by atoms with Crippen LogP contribution in [0.2, 0.25) is 0 Å². The lowest BCUT2D eigenvalue weighted by molar-refractivity contribution is 0.332. The van der Waals surface area contributed by atoms with Gasteiger partial charge in [-0.25, -0.2) is 0 Å². The molecule has 0 radical (unpaired) electrons. The summed E-state index contributed by atoms with van der Waals surface area (Å²) in [5, 5.41) is 1.12. The number of fused-ring (bicyclic) bond motifs is 9. The van der Waals surface area contributed by atoms with Gasteiger partial charge in [0.05, 0.1) is 25.1 Å². The number of hydrogen-bond acceptors (Lipinski definition) is 4. The number of hydrogen-bond donors (Lipinski definition) is 0. The SMILES string of the molecule is [2H]c1c([2H])c([2H])c(N(c2cc3c4c(c2)N(c2ccc(C(C)(C)C)cc2)c2c(sc5cc6c(cc25)C(C)(C)CCC6(C)C)B4c2cc4c(cc2N3c2ccc3c(c2)C(C)(C)CCC3(C)C)C(C)(C)CCC4(C)C)c2c([2H])c([2H])c([2H])c([2H])c2[2H])c([2H])c1[2H]. The van der Waals surface area contributed by atoms with Crippen LogP contribution in [-0.4, -0.2) is 6.71 Å². The lowest BCUT2D eigenvalue weighted by Crippen LogP contribution is -2.61. The minimum atomic E-state index is -0.613. The van der Waals surface area contributed by atoms with Crippen molar-refractivity contribution in [3.63, 3.8) is 0 Å². The van der Waals surface area contributed by atoms with Gasteiger partial charge in [-0.2, -0.15) is 0 Å². The number of anilines is 9. The van der Waals surface area contributed by atoms with E-state index in [2.05, 4.69) is 180 Å². The number of thiophene rings is 1. The van der Waals surface area contributed by atoms with Crippen LogP contribution >= 0.6 is 11.3 Å². The molecule has 0 spiro atoms. The van der Waals surface area contributed by atoms with E-state index in [1.807, 2.05) is 23.5 Å². The number of benzene rings is 7. The lowest BCUT2D eigenvalue weighted by Gasteiger charge is -2.48. The summed E-state index contributed by atoms with van der Waals surface area (Å²) in [4.78, 5) is 6.14. The highest BCUT2D eigenvalue weighted by Crippen LogP contribution is 2.56. The molecule has 0 unspecified atom stereocenters. The van der Waals surface area contributed by atoms with Crippen LogP contribution in [0.3, 0.4) is 0 Å². The molecule has 0 fully saturated rings. The van der Waals surface area contributed by atoms with E-state index < -0.39 is 60.4 Å². The Kier molecular flexibility index (Phi) is 8.74. The fraction of sp³-hybridized carbons (Fsp3) is 0.389. The van der Waals surface area contributed by atoms with Crippen molar-refractivity contribution < 1.29 is 13.7 Å². The van der Waals surface area contributed by atoms with Crippen molar-refractivity contribution in [2.24, 2.45) is 0 Å². The van der Waals surface area contributed by atoms with Crippen molar-refractivity contribution in [1.82, 2.24) is 0 Å². The highest BCUT2D eigenvalue weighted by molar-refractivity contribution is 7.33. The molecule has 0 saturated carbocycles. The number of rotatable bonds is 5. The summed E-state index contributed by atoms with van der Waals surface area (Å²) >= 11 is 1.87. The molecule has 0 atom stereocenters. The van der Waals surface area contributed by atoms with Crippen molar-refractivity contribution in [2.75, 3.05) is 14.7 Å². The molecular formula is C72H80BN3S. The minimum absolute atomic E-state index is 0.0681. The Hall–Kier alpha value is -6.04. The molecule has 3 nitrogen and oxygen atoms in total. The van der Waals surface area contributed by atoms with Gasteiger partial charge in [0.1, 0.15) is 0 Å². The molecular weight excluding hydrogens is 950 g/mol. The second kappa shape index (κ2) is 16.7. The second-order valence-corrected chi connectivity index (χ2v) is 29.4. The second-order valence-electron chi connectivity index (χ2n) is 28.3. The van der Waals surface area contributed by atoms with Gasteiger partial charge in [0.25, 0.3) is 6.71 Å². The molecule has 3 heterocycles. The average molecular weight is 1040 g/mol. The lowest BCUT2D eigenvalue weighted by atomic mass is 9.35. The van der Waals surface area contributed by atoms with Gasteiger partial charge >= 0.3 is 0 Å². The maximum absolute atomic E-state index is 9.73. The summed E-state index contributed by atoms with van der Waals surface area (Å²) in [6, 6.07) is 23.8. The Morgan fingerprint density at radius 2 is 0.922 bits per heavy atom. The van der Waals surface area contributed by atoms with E-state index in [9.17, 15) is 11.0 Å². The van der Waals surface area contributed by atoms with E-state index in [1.165, 1.54) is 53.2 Å². The van der Waals surface area contributed by atoms with Crippen LogP contribution in [0.1, 0.15) is 195 Å². The summed E-state index contributed by atoms with van der Waals surface area (Å²) in [7, 11) is 0. The van der Waals surface area contributed by atoms with E-state index in [4.69, 9.17) is 2.74 Å². The first-order valence-electron chi connectivity index (χ1n) is 33.2. The van der Waals surface area contributed by atoms with Crippen molar-refractivity contribution >= 4 is 95.0 Å². The molecule has 0 amide bonds. The van der Waals surface area contributed by atoms with Gasteiger partial charge in [0, 0.05) is 54.7 Å². The van der Waals surface area contributed by atoms with Crippen LogP contribution < -0.4 is 30.4 Å². The predicted octanol–water partition coefficient (Wildman–Crippen LogP) is 18.8. The monoisotopic (exact) mass is 1040 g/mol. The third-order valence-corrected chi connectivity index (χ3v) is 20.6. The van der Waals surface area contributed by atoms with Gasteiger partial charge in [0.15, 0.2) is 0 Å². The first kappa shape index (κ1) is 40.2. The molecule has 0 saturated heterocycles. The summed E-state index contributed by atoms with van der Waals surface area (Å²) in [5.41, 5.74) is 15.3. The van der Waals surface area contributed by atoms with Crippen LogP contribution in [0.25, 0.3) is 10.1 Å². The Bertz CT molecular complexity index is 4190. The van der Waals surface area contributed by atoms with Crippen LogP contribution in [0.4, 0.5) is 51.2 Å². The smallest absolute Gasteiger partial charge is 0.264 e. The molecule has 13 rings (SSSR count). The highest BCUT2D eigenvalue weighted by Gasteiger charge is 2.50. The molecule has 8 aromatic rings. The zero-order valence-electron chi connectivity index (χ0n) is 58.1. The van der Waals surface area contributed by atoms with Gasteiger partial charge in [-0.15, -0.1) is 11.3 Å². The van der Waals surface area contributed by atoms with Crippen molar-refractivity contribution in [1.29, 1.82) is 0 Å². The first-order valence-corrected chi connectivity index (χ1v) is 29.0. The average Bonchev–Trinajstić information content (AvgIpc) is 1.68. The van der Waals surface area contributed by atoms with E-state index in [-0.39, 0.29) is 61.7 Å². The molecule has 5 heteroatoms. The number of nitrogens with zero attached hydrogens (tertiary/aromatic N) is 3. The normalized spacial score (nSPS) is 21.4. The number of para-hydroxylation sites is 2. The Morgan fingerprint density at radius 1 is 0.468 bits per heavy atom. The topological polar surface area (TPSA) is 9.72 Å². The molecule has 0 N–H and O–H groups in total. The Morgan fingerprint density at radius 3 is 1.45 bits per heavy atom. The molecule has 5 aliphatic rings. The summed E-state index contributed by atoms with van der Waals surface area (Å²) < 4.78 is 95.6. The van der Waals surface area contributed by atoms with Gasteiger partial charge in [-0.1, -0.05) is 164 Å². The Balaban J connectivity index is 1.26. The standard InChI is InChI=1S/C72H80BN3S/c1-66(2,3)45-26-28-48(29-27-45)76-61-40-50(74(46-22-18-16-19-23-46)47-24-20-17-21-25-47)39-60-63(61)73(65-64(76)51-41-54-57(44-62(51)77-65)72(14,15)37-34-69(54,8)9)58-42-55-56(71(12,13)36-35-70(55,10)11)43-59(58)75(60)49-30-31-52-53(38-49)68(6,7)33-32-67(52,4)5/h16-31,38-44H,32-37H2,1-15H3/i16D,17D,18D,19D,20D,21D,22D,23D,24D,25D. The fourth-order valence-electron chi connectivity index (χ4n) is 14.2. The van der Waals surface area contributed by atoms with Crippen LogP contribution in [-0.2, 0) is 37.9 Å². The van der Waals surface area contributed by atoms with Gasteiger partial charge in [-0.05, 0) is 205 Å². The summed E-state index contributed by atoms with van der Waals surface area (Å²) in [6.07, 6.45) is 6.15. The largest absolute Gasteiger partial charge is 0.311 e. The van der Waals surface area contributed by atoms with E-state index >= 15 is 0 Å². The zero-order valence-corrected chi connectivity index (χ0v) is 48.9. The van der Waals surface area contributed by atoms with Crippen LogP contribution in [0.15, 0.2) is 139 Å². The molecule has 3 aliphatic carbocycles. The highest BCUT2D eigenvalue weighted by atomic mass is 32.1. The van der Waals surface area contributed by atoms with Gasteiger partial charge in [0.2, 0.25) is 0 Å². The van der Waals surface area contributed by atoms with Gasteiger partial charge < -0.3 is 14.7 Å². The van der Waals surface area contributed by atoms with Crippen LogP contribution in [0.5, 0.6) is 0 Å². The van der Waals surface area contributed by atoms with E-state index in [0.29, 0.717) is 0 Å². The maximum Gasteiger partial charge on any atom is 0.264 e. The predicted molar refractivity (Wildman–Crippen MR) is 335 cm³/mol. The van der Waals surface area contributed by atoms with Crippen molar-refractivity contribution in [2.45, 2.75) is 180 Å². The molecule has 7 aromatic carbocycles. The maximum atomic E-state index is 9.73. The summed E-state index contributed by atoms with van der Waals surface area (Å²) in [6.45, 7) is 34.7. The molecule has 1 aromatic heterocycles. The third-order valence-electron chi connectivity index (χ3n) is 19.4. The quantitative estimate of drug-likeness (QED) is 0.159.